The fourth-order valence-electron chi connectivity index (χ4n) is 2.18. The summed E-state index contributed by atoms with van der Waals surface area (Å²) in [6, 6.07) is 6.89. The van der Waals surface area contributed by atoms with Crippen molar-refractivity contribution in [3.05, 3.63) is 52.7 Å². The third kappa shape index (κ3) is 5.52. The Morgan fingerprint density at radius 3 is 2.65 bits per heavy atom. The molecule has 26 heavy (non-hydrogen) atoms. The van der Waals surface area contributed by atoms with Gasteiger partial charge in [-0.2, -0.15) is 13.2 Å². The highest BCUT2D eigenvalue weighted by Gasteiger charge is 2.28. The van der Waals surface area contributed by atoms with Crippen LogP contribution < -0.4 is 15.4 Å². The molecular weight excluding hydrogens is 371 g/mol. The standard InChI is InChI=1S/C17H17ClF3N3O2/c1-10(24-16(25)11-5-6-23-15(7-11)22-2)13-4-3-12(8-14(13)18)26-9-17(19,20)21/h3-8,10H,9H2,1-2H3,(H,22,23)(H,24,25). The lowest BCUT2D eigenvalue weighted by Gasteiger charge is -2.17. The molecule has 1 atom stereocenters. The molecule has 0 aliphatic rings. The van der Waals surface area contributed by atoms with Crippen LogP contribution in [0.4, 0.5) is 19.0 Å². The van der Waals surface area contributed by atoms with Crippen LogP contribution in [-0.2, 0) is 0 Å². The summed E-state index contributed by atoms with van der Waals surface area (Å²) < 4.78 is 41.2. The quantitative estimate of drug-likeness (QED) is 0.779. The van der Waals surface area contributed by atoms with Gasteiger partial charge in [-0.15, -0.1) is 0 Å². The van der Waals surface area contributed by atoms with Crippen molar-refractivity contribution in [2.75, 3.05) is 19.0 Å². The highest BCUT2D eigenvalue weighted by Crippen LogP contribution is 2.28. The van der Waals surface area contributed by atoms with Crippen LogP contribution in [0.5, 0.6) is 5.75 Å². The number of alkyl halides is 3. The molecule has 1 amide bonds. The van der Waals surface area contributed by atoms with Crippen molar-refractivity contribution in [2.24, 2.45) is 0 Å². The van der Waals surface area contributed by atoms with Gasteiger partial charge in [0.05, 0.1) is 6.04 Å². The topological polar surface area (TPSA) is 63.2 Å². The van der Waals surface area contributed by atoms with Crippen LogP contribution >= 0.6 is 11.6 Å². The van der Waals surface area contributed by atoms with Crippen molar-refractivity contribution < 1.29 is 22.7 Å². The van der Waals surface area contributed by atoms with E-state index >= 15 is 0 Å². The second-order valence-electron chi connectivity index (χ2n) is 5.46. The van der Waals surface area contributed by atoms with Crippen LogP contribution in [0.25, 0.3) is 0 Å². The molecule has 0 fully saturated rings. The Labute approximate surface area is 153 Å². The summed E-state index contributed by atoms with van der Waals surface area (Å²) in [6.07, 6.45) is -2.92. The minimum atomic E-state index is -4.43. The molecule has 0 aliphatic carbocycles. The van der Waals surface area contributed by atoms with Crippen LogP contribution in [0.15, 0.2) is 36.5 Å². The van der Waals surface area contributed by atoms with E-state index in [0.29, 0.717) is 16.9 Å². The number of pyridine rings is 1. The first-order valence-electron chi connectivity index (χ1n) is 7.63. The molecule has 1 unspecified atom stereocenters. The molecular formula is C17H17ClF3N3O2. The Morgan fingerprint density at radius 1 is 1.31 bits per heavy atom. The average Bonchev–Trinajstić information content (AvgIpc) is 2.59. The number of aromatic nitrogens is 1. The van der Waals surface area contributed by atoms with Crippen molar-refractivity contribution in [3.8, 4) is 5.75 Å². The summed E-state index contributed by atoms with van der Waals surface area (Å²) in [6.45, 7) is 0.320. The Bertz CT molecular complexity index is 784. The highest BCUT2D eigenvalue weighted by molar-refractivity contribution is 6.31. The molecule has 2 rings (SSSR count). The summed E-state index contributed by atoms with van der Waals surface area (Å²) >= 11 is 6.12. The number of nitrogens with one attached hydrogen (secondary N) is 2. The van der Waals surface area contributed by atoms with Crippen molar-refractivity contribution in [3.63, 3.8) is 0 Å². The minimum absolute atomic E-state index is 0.00222. The molecule has 0 saturated carbocycles. The maximum Gasteiger partial charge on any atom is 0.422 e. The molecule has 2 N–H and O–H groups in total. The molecule has 9 heteroatoms. The van der Waals surface area contributed by atoms with Crippen molar-refractivity contribution in [1.29, 1.82) is 0 Å². The first-order valence-corrected chi connectivity index (χ1v) is 8.01. The van der Waals surface area contributed by atoms with E-state index in [-0.39, 0.29) is 16.7 Å². The van der Waals surface area contributed by atoms with Crippen molar-refractivity contribution in [1.82, 2.24) is 10.3 Å². The Hall–Kier alpha value is -2.48. The van der Waals surface area contributed by atoms with E-state index in [1.807, 2.05) is 0 Å². The van der Waals surface area contributed by atoms with Gasteiger partial charge in [0.25, 0.3) is 5.91 Å². The first kappa shape index (κ1) is 19.8. The molecule has 1 aromatic heterocycles. The van der Waals surface area contributed by atoms with E-state index in [9.17, 15) is 18.0 Å². The SMILES string of the molecule is CNc1cc(C(=O)NC(C)c2ccc(OCC(F)(F)F)cc2Cl)ccn1. The molecule has 0 bridgehead atoms. The zero-order valence-electron chi connectivity index (χ0n) is 14.0. The van der Waals surface area contributed by atoms with Crippen LogP contribution in [0.1, 0.15) is 28.9 Å². The number of rotatable bonds is 6. The third-order valence-corrected chi connectivity index (χ3v) is 3.79. The summed E-state index contributed by atoms with van der Waals surface area (Å²) in [5.41, 5.74) is 0.972. The van der Waals surface area contributed by atoms with Gasteiger partial charge in [0.2, 0.25) is 0 Å². The maximum absolute atomic E-state index is 12.3. The zero-order chi connectivity index (χ0) is 19.3. The predicted octanol–water partition coefficient (Wildman–Crippen LogP) is 4.21. The van der Waals surface area contributed by atoms with Gasteiger partial charge in [0, 0.05) is 23.8 Å². The van der Waals surface area contributed by atoms with Crippen LogP contribution in [0.2, 0.25) is 5.02 Å². The number of hydrogen-bond acceptors (Lipinski definition) is 4. The number of anilines is 1. The second-order valence-corrected chi connectivity index (χ2v) is 5.87. The molecule has 0 saturated heterocycles. The Kier molecular flexibility index (Phi) is 6.31. The smallest absolute Gasteiger partial charge is 0.422 e. The fourth-order valence-corrected chi connectivity index (χ4v) is 2.51. The van der Waals surface area contributed by atoms with E-state index in [0.717, 1.165) is 0 Å². The van der Waals surface area contributed by atoms with E-state index in [2.05, 4.69) is 20.4 Å². The van der Waals surface area contributed by atoms with E-state index in [4.69, 9.17) is 11.6 Å². The number of halogens is 4. The Balaban J connectivity index is 2.06. The van der Waals surface area contributed by atoms with Gasteiger partial charge in [-0.3, -0.25) is 4.79 Å². The van der Waals surface area contributed by atoms with Crippen LogP contribution in [0.3, 0.4) is 0 Å². The monoisotopic (exact) mass is 387 g/mol. The van der Waals surface area contributed by atoms with Crippen LogP contribution in [-0.4, -0.2) is 30.7 Å². The summed E-state index contributed by atoms with van der Waals surface area (Å²) in [4.78, 5) is 16.4. The molecule has 0 radical (unpaired) electrons. The number of hydrogen-bond donors (Lipinski definition) is 2. The molecule has 0 aliphatic heterocycles. The highest BCUT2D eigenvalue weighted by atomic mass is 35.5. The van der Waals surface area contributed by atoms with E-state index < -0.39 is 18.8 Å². The number of carbonyl (C=O) groups is 1. The molecule has 1 aromatic carbocycles. The molecule has 2 aromatic rings. The lowest BCUT2D eigenvalue weighted by atomic mass is 10.1. The summed E-state index contributed by atoms with van der Waals surface area (Å²) in [5, 5.41) is 5.82. The Morgan fingerprint density at radius 2 is 2.04 bits per heavy atom. The molecule has 140 valence electrons. The first-order chi connectivity index (χ1) is 12.2. The predicted molar refractivity (Wildman–Crippen MR) is 92.7 cm³/mol. The normalized spacial score (nSPS) is 12.4. The molecule has 1 heterocycles. The van der Waals surface area contributed by atoms with Crippen LogP contribution in [0, 0.1) is 0 Å². The largest absolute Gasteiger partial charge is 0.484 e. The third-order valence-electron chi connectivity index (χ3n) is 3.47. The van der Waals surface area contributed by atoms with Gasteiger partial charge in [-0.05, 0) is 36.8 Å². The van der Waals surface area contributed by atoms with E-state index in [1.54, 1.807) is 26.1 Å². The maximum atomic E-state index is 12.3. The van der Waals surface area contributed by atoms with Gasteiger partial charge in [0.1, 0.15) is 11.6 Å². The van der Waals surface area contributed by atoms with Crippen molar-refractivity contribution in [2.45, 2.75) is 19.1 Å². The summed E-state index contributed by atoms with van der Waals surface area (Å²) in [7, 11) is 1.69. The average molecular weight is 388 g/mol. The second kappa shape index (κ2) is 8.27. The van der Waals surface area contributed by atoms with Gasteiger partial charge >= 0.3 is 6.18 Å². The fraction of sp³-hybridized carbons (Fsp3) is 0.294. The number of ether oxygens (including phenoxy) is 1. The van der Waals surface area contributed by atoms with Crippen molar-refractivity contribution >= 4 is 23.3 Å². The molecule has 5 nitrogen and oxygen atoms in total. The van der Waals surface area contributed by atoms with E-state index in [1.165, 1.54) is 24.4 Å². The van der Waals surface area contributed by atoms with Gasteiger partial charge in [-0.25, -0.2) is 4.98 Å². The van der Waals surface area contributed by atoms with Gasteiger partial charge in [0.15, 0.2) is 6.61 Å². The summed E-state index contributed by atoms with van der Waals surface area (Å²) in [5.74, 6) is 0.224. The lowest BCUT2D eigenvalue weighted by molar-refractivity contribution is -0.153. The number of amides is 1. The molecule has 0 spiro atoms. The van der Waals surface area contributed by atoms with Gasteiger partial charge in [-0.1, -0.05) is 17.7 Å². The zero-order valence-corrected chi connectivity index (χ0v) is 14.8. The lowest BCUT2D eigenvalue weighted by Crippen LogP contribution is -2.27. The number of benzene rings is 1. The number of nitrogens with zero attached hydrogens (tertiary/aromatic N) is 1. The minimum Gasteiger partial charge on any atom is -0.484 e. The number of carbonyl (C=O) groups excluding carboxylic acids is 1. The van der Waals surface area contributed by atoms with Gasteiger partial charge < -0.3 is 15.4 Å².